The highest BCUT2D eigenvalue weighted by molar-refractivity contribution is 5.81. The highest BCUT2D eigenvalue weighted by Crippen LogP contribution is 2.19. The fourth-order valence-electron chi connectivity index (χ4n) is 2.80. The van der Waals surface area contributed by atoms with Crippen molar-refractivity contribution in [3.63, 3.8) is 0 Å². The molecule has 6 heteroatoms. The van der Waals surface area contributed by atoms with Crippen LogP contribution < -0.4 is 5.73 Å². The van der Waals surface area contributed by atoms with Crippen molar-refractivity contribution in [1.29, 1.82) is 0 Å². The van der Waals surface area contributed by atoms with Crippen molar-refractivity contribution >= 4 is 12.0 Å². The molecule has 0 radical (unpaired) electrons. The van der Waals surface area contributed by atoms with E-state index in [1.165, 1.54) is 4.90 Å². The summed E-state index contributed by atoms with van der Waals surface area (Å²) in [6.07, 6.45) is 1.44. The number of likely N-dealkylation sites (N-methyl/N-ethyl adjacent to an activating group) is 1. The lowest BCUT2D eigenvalue weighted by atomic mass is 10.2. The monoisotopic (exact) mass is 319 g/mol. The number of nitrogens with zero attached hydrogens (tertiary/aromatic N) is 2. The van der Waals surface area contributed by atoms with Crippen molar-refractivity contribution in [1.82, 2.24) is 9.80 Å². The van der Waals surface area contributed by atoms with Gasteiger partial charge in [0.05, 0.1) is 6.04 Å². The van der Waals surface area contributed by atoms with Crippen LogP contribution >= 0.6 is 0 Å². The highest BCUT2D eigenvalue weighted by Gasteiger charge is 2.31. The van der Waals surface area contributed by atoms with Crippen LogP contribution in [0.2, 0.25) is 0 Å². The normalized spacial score (nSPS) is 18.6. The topological polar surface area (TPSA) is 75.9 Å². The summed E-state index contributed by atoms with van der Waals surface area (Å²) in [6, 6.07) is 9.06. The highest BCUT2D eigenvalue weighted by atomic mass is 16.6. The molecule has 0 spiro atoms. The fourth-order valence-corrected chi connectivity index (χ4v) is 2.80. The second-order valence-corrected chi connectivity index (χ2v) is 6.04. The van der Waals surface area contributed by atoms with Gasteiger partial charge < -0.3 is 20.3 Å². The van der Waals surface area contributed by atoms with E-state index in [0.717, 1.165) is 18.4 Å². The van der Waals surface area contributed by atoms with Crippen LogP contribution in [0.1, 0.15) is 25.3 Å². The first-order valence-electron chi connectivity index (χ1n) is 7.97. The Morgan fingerprint density at radius 3 is 2.74 bits per heavy atom. The Balaban J connectivity index is 1.84. The summed E-state index contributed by atoms with van der Waals surface area (Å²) in [5.41, 5.74) is 6.63. The Kier molecular flexibility index (Phi) is 5.98. The van der Waals surface area contributed by atoms with Crippen LogP contribution in [0.25, 0.3) is 0 Å². The van der Waals surface area contributed by atoms with Gasteiger partial charge in [0.15, 0.2) is 0 Å². The van der Waals surface area contributed by atoms with Crippen LogP contribution in [0.5, 0.6) is 0 Å². The number of ether oxygens (including phenoxy) is 1. The number of hydrogen-bond acceptors (Lipinski definition) is 4. The lowest BCUT2D eigenvalue weighted by Crippen LogP contribution is -2.48. The van der Waals surface area contributed by atoms with Gasteiger partial charge in [-0.2, -0.15) is 0 Å². The average molecular weight is 319 g/mol. The average Bonchev–Trinajstić information content (AvgIpc) is 3.00. The van der Waals surface area contributed by atoms with Crippen LogP contribution in [0.15, 0.2) is 30.3 Å². The molecule has 0 aromatic heterocycles. The molecule has 1 aromatic carbocycles. The Morgan fingerprint density at radius 2 is 2.09 bits per heavy atom. The van der Waals surface area contributed by atoms with E-state index in [-0.39, 0.29) is 24.6 Å². The van der Waals surface area contributed by atoms with Gasteiger partial charge in [-0.05, 0) is 25.3 Å². The van der Waals surface area contributed by atoms with Crippen molar-refractivity contribution < 1.29 is 14.3 Å². The second kappa shape index (κ2) is 7.97. The molecular formula is C17H25N3O3. The minimum Gasteiger partial charge on any atom is -0.445 e. The van der Waals surface area contributed by atoms with Gasteiger partial charge in [0.2, 0.25) is 5.91 Å². The molecular weight excluding hydrogens is 294 g/mol. The molecule has 6 nitrogen and oxygen atoms in total. The lowest BCUT2D eigenvalue weighted by Gasteiger charge is -2.29. The van der Waals surface area contributed by atoms with Gasteiger partial charge >= 0.3 is 6.09 Å². The van der Waals surface area contributed by atoms with E-state index >= 15 is 0 Å². The van der Waals surface area contributed by atoms with Crippen LogP contribution in [0.3, 0.4) is 0 Å². The zero-order chi connectivity index (χ0) is 16.8. The standard InChI is InChI=1S/C17H25N3O3/c1-13(18)16(21)20-10-6-9-15(20)11-19(2)17(22)23-12-14-7-4-3-5-8-14/h3-5,7-8,13,15H,6,9-12,18H2,1-2H3/t13-,15?/m0/s1. The van der Waals surface area contributed by atoms with Crippen LogP contribution in [-0.4, -0.2) is 54.0 Å². The largest absolute Gasteiger partial charge is 0.445 e. The first-order chi connectivity index (χ1) is 11.0. The van der Waals surface area contributed by atoms with E-state index in [0.29, 0.717) is 13.1 Å². The molecule has 1 unspecified atom stereocenters. The van der Waals surface area contributed by atoms with Gasteiger partial charge in [-0.25, -0.2) is 4.79 Å². The Bertz CT molecular complexity index is 533. The number of carbonyl (C=O) groups excluding carboxylic acids is 2. The van der Waals surface area contributed by atoms with Crippen molar-refractivity contribution in [2.45, 2.75) is 38.5 Å². The van der Waals surface area contributed by atoms with Gasteiger partial charge in [0, 0.05) is 26.2 Å². The molecule has 0 aliphatic carbocycles. The van der Waals surface area contributed by atoms with E-state index in [9.17, 15) is 9.59 Å². The number of amides is 2. The first kappa shape index (κ1) is 17.3. The van der Waals surface area contributed by atoms with E-state index < -0.39 is 6.04 Å². The van der Waals surface area contributed by atoms with Crippen molar-refractivity contribution in [2.75, 3.05) is 20.1 Å². The Hall–Kier alpha value is -2.08. The molecule has 126 valence electrons. The summed E-state index contributed by atoms with van der Waals surface area (Å²) in [4.78, 5) is 27.5. The minimum atomic E-state index is -0.508. The van der Waals surface area contributed by atoms with Crippen molar-refractivity contribution in [3.05, 3.63) is 35.9 Å². The predicted molar refractivity (Wildman–Crippen MR) is 87.6 cm³/mol. The van der Waals surface area contributed by atoms with E-state index in [2.05, 4.69) is 0 Å². The molecule has 1 aliphatic rings. The van der Waals surface area contributed by atoms with E-state index in [4.69, 9.17) is 10.5 Å². The van der Waals surface area contributed by atoms with Gasteiger partial charge in [-0.3, -0.25) is 4.79 Å². The van der Waals surface area contributed by atoms with E-state index in [1.54, 1.807) is 18.9 Å². The summed E-state index contributed by atoms with van der Waals surface area (Å²) in [5, 5.41) is 0. The SMILES string of the molecule is C[C@H](N)C(=O)N1CCCC1CN(C)C(=O)OCc1ccccc1. The predicted octanol–water partition coefficient (Wildman–Crippen LogP) is 1.59. The van der Waals surface area contributed by atoms with Gasteiger partial charge in [-0.1, -0.05) is 30.3 Å². The number of nitrogens with two attached hydrogens (primary N) is 1. The Morgan fingerprint density at radius 1 is 1.39 bits per heavy atom. The molecule has 2 amide bonds. The van der Waals surface area contributed by atoms with Crippen molar-refractivity contribution in [3.8, 4) is 0 Å². The zero-order valence-corrected chi connectivity index (χ0v) is 13.8. The quantitative estimate of drug-likeness (QED) is 0.894. The molecule has 1 aliphatic heterocycles. The molecule has 1 heterocycles. The summed E-state index contributed by atoms with van der Waals surface area (Å²) in [5.74, 6) is -0.0569. The summed E-state index contributed by atoms with van der Waals surface area (Å²) < 4.78 is 5.30. The maximum atomic E-state index is 12.1. The summed E-state index contributed by atoms with van der Waals surface area (Å²) in [6.45, 7) is 3.11. The fraction of sp³-hybridized carbons (Fsp3) is 0.529. The number of benzene rings is 1. The van der Waals surface area contributed by atoms with Gasteiger partial charge in [0.25, 0.3) is 0 Å². The molecule has 1 fully saturated rings. The molecule has 2 rings (SSSR count). The molecule has 2 atom stereocenters. The molecule has 23 heavy (non-hydrogen) atoms. The number of rotatable bonds is 5. The van der Waals surface area contributed by atoms with Crippen LogP contribution in [0, 0.1) is 0 Å². The third-order valence-corrected chi connectivity index (χ3v) is 4.05. The number of carbonyl (C=O) groups is 2. The van der Waals surface area contributed by atoms with Crippen LogP contribution in [-0.2, 0) is 16.1 Å². The molecule has 2 N–H and O–H groups in total. The van der Waals surface area contributed by atoms with Gasteiger partial charge in [-0.15, -0.1) is 0 Å². The zero-order valence-electron chi connectivity index (χ0n) is 13.8. The molecule has 1 saturated heterocycles. The second-order valence-electron chi connectivity index (χ2n) is 6.04. The third kappa shape index (κ3) is 4.69. The lowest BCUT2D eigenvalue weighted by molar-refractivity contribution is -0.133. The first-order valence-corrected chi connectivity index (χ1v) is 7.97. The molecule has 0 bridgehead atoms. The molecule has 0 saturated carbocycles. The van der Waals surface area contributed by atoms with Gasteiger partial charge in [0.1, 0.15) is 6.61 Å². The smallest absolute Gasteiger partial charge is 0.409 e. The third-order valence-electron chi connectivity index (χ3n) is 4.05. The maximum absolute atomic E-state index is 12.1. The van der Waals surface area contributed by atoms with Crippen molar-refractivity contribution in [2.24, 2.45) is 5.73 Å². The Labute approximate surface area is 137 Å². The summed E-state index contributed by atoms with van der Waals surface area (Å²) >= 11 is 0. The maximum Gasteiger partial charge on any atom is 0.409 e. The minimum absolute atomic E-state index is 0.0165. The van der Waals surface area contributed by atoms with Crippen LogP contribution in [0.4, 0.5) is 4.79 Å². The number of hydrogen-bond donors (Lipinski definition) is 1. The molecule has 1 aromatic rings. The van der Waals surface area contributed by atoms with E-state index in [1.807, 2.05) is 30.3 Å². The summed E-state index contributed by atoms with van der Waals surface area (Å²) in [7, 11) is 1.69. The number of likely N-dealkylation sites (tertiary alicyclic amines) is 1.